The molecule has 1 aromatic carbocycles. The second kappa shape index (κ2) is 4.57. The molecular formula is C14H17NO. The molecule has 84 valence electrons. The summed E-state index contributed by atoms with van der Waals surface area (Å²) in [6, 6.07) is 4.36. The molecule has 0 amide bonds. The van der Waals surface area contributed by atoms with Gasteiger partial charge >= 0.3 is 0 Å². The lowest BCUT2D eigenvalue weighted by Crippen LogP contribution is -2.08. The number of nitriles is 1. The SMILES string of the molecule is COc1cc2c(c(C)c1CC#N)CCCC2. The Morgan fingerprint density at radius 1 is 1.38 bits per heavy atom. The number of aryl methyl sites for hydroxylation is 1. The maximum absolute atomic E-state index is 8.86. The molecule has 2 nitrogen and oxygen atoms in total. The molecule has 1 aromatic rings. The standard InChI is InChI=1S/C14H17NO/c1-10-12-6-4-3-5-11(12)9-14(16-2)13(10)7-8-15/h9H,3-7H2,1-2H3. The van der Waals surface area contributed by atoms with E-state index in [0.717, 1.165) is 24.2 Å². The van der Waals surface area contributed by atoms with Crippen molar-refractivity contribution in [2.75, 3.05) is 7.11 Å². The molecule has 0 spiro atoms. The summed E-state index contributed by atoms with van der Waals surface area (Å²) in [5.41, 5.74) is 5.22. The van der Waals surface area contributed by atoms with E-state index in [9.17, 15) is 0 Å². The van der Waals surface area contributed by atoms with Crippen LogP contribution < -0.4 is 4.74 Å². The van der Waals surface area contributed by atoms with E-state index in [1.807, 2.05) is 0 Å². The molecule has 0 radical (unpaired) electrons. The molecule has 0 aliphatic heterocycles. The van der Waals surface area contributed by atoms with Gasteiger partial charge in [0.1, 0.15) is 5.75 Å². The van der Waals surface area contributed by atoms with E-state index in [4.69, 9.17) is 10.00 Å². The fourth-order valence-electron chi connectivity index (χ4n) is 2.61. The van der Waals surface area contributed by atoms with Crippen molar-refractivity contribution in [2.45, 2.75) is 39.0 Å². The molecule has 0 unspecified atom stereocenters. The monoisotopic (exact) mass is 215 g/mol. The highest BCUT2D eigenvalue weighted by Crippen LogP contribution is 2.33. The number of nitrogens with zero attached hydrogens (tertiary/aromatic N) is 1. The van der Waals surface area contributed by atoms with Crippen molar-refractivity contribution < 1.29 is 4.74 Å². The molecule has 16 heavy (non-hydrogen) atoms. The van der Waals surface area contributed by atoms with Gasteiger partial charge < -0.3 is 4.74 Å². The van der Waals surface area contributed by atoms with Crippen molar-refractivity contribution >= 4 is 0 Å². The lowest BCUT2D eigenvalue weighted by molar-refractivity contribution is 0.409. The number of benzene rings is 1. The summed E-state index contributed by atoms with van der Waals surface area (Å²) < 4.78 is 5.39. The summed E-state index contributed by atoms with van der Waals surface area (Å²) in [6.45, 7) is 2.12. The number of fused-ring (bicyclic) bond motifs is 1. The lowest BCUT2D eigenvalue weighted by Gasteiger charge is -2.22. The fourth-order valence-corrected chi connectivity index (χ4v) is 2.61. The molecule has 0 saturated heterocycles. The first-order valence-electron chi connectivity index (χ1n) is 5.83. The molecule has 1 aliphatic carbocycles. The van der Waals surface area contributed by atoms with Crippen LogP contribution in [0.4, 0.5) is 0 Å². The van der Waals surface area contributed by atoms with Gasteiger partial charge in [0.15, 0.2) is 0 Å². The Balaban J connectivity index is 2.56. The molecule has 0 fully saturated rings. The normalized spacial score (nSPS) is 14.1. The number of hydrogen-bond acceptors (Lipinski definition) is 2. The molecule has 0 saturated carbocycles. The zero-order valence-corrected chi connectivity index (χ0v) is 9.97. The molecule has 2 rings (SSSR count). The molecule has 0 aromatic heterocycles. The van der Waals surface area contributed by atoms with Crippen molar-refractivity contribution in [1.82, 2.24) is 0 Å². The van der Waals surface area contributed by atoms with Crippen LogP contribution in [0.3, 0.4) is 0 Å². The average Bonchev–Trinajstić information content (AvgIpc) is 2.33. The molecule has 1 aliphatic rings. The predicted octanol–water partition coefficient (Wildman–Crippen LogP) is 2.95. The zero-order valence-electron chi connectivity index (χ0n) is 9.97. The lowest BCUT2D eigenvalue weighted by atomic mass is 9.85. The second-order valence-electron chi connectivity index (χ2n) is 4.36. The summed E-state index contributed by atoms with van der Waals surface area (Å²) in [5.74, 6) is 0.889. The van der Waals surface area contributed by atoms with Crippen LogP contribution in [0.1, 0.15) is 35.1 Å². The van der Waals surface area contributed by atoms with Crippen LogP contribution in [0.15, 0.2) is 6.07 Å². The molecular weight excluding hydrogens is 198 g/mol. The van der Waals surface area contributed by atoms with Crippen LogP contribution in [0.5, 0.6) is 5.75 Å². The van der Waals surface area contributed by atoms with Gasteiger partial charge in [-0.25, -0.2) is 0 Å². The van der Waals surface area contributed by atoms with E-state index in [1.165, 1.54) is 29.5 Å². The summed E-state index contributed by atoms with van der Waals surface area (Å²) in [7, 11) is 1.69. The molecule has 0 N–H and O–H groups in total. The zero-order chi connectivity index (χ0) is 11.5. The Morgan fingerprint density at radius 2 is 2.12 bits per heavy atom. The third-order valence-electron chi connectivity index (χ3n) is 3.49. The third kappa shape index (κ3) is 1.78. The van der Waals surface area contributed by atoms with Crippen molar-refractivity contribution in [3.63, 3.8) is 0 Å². The molecule has 0 heterocycles. The van der Waals surface area contributed by atoms with E-state index in [1.54, 1.807) is 7.11 Å². The summed E-state index contributed by atoms with van der Waals surface area (Å²) in [6.07, 6.45) is 5.30. The first kappa shape index (κ1) is 11.0. The largest absolute Gasteiger partial charge is 0.496 e. The first-order chi connectivity index (χ1) is 7.77. The Kier molecular flexibility index (Phi) is 3.14. The van der Waals surface area contributed by atoms with E-state index < -0.39 is 0 Å². The highest BCUT2D eigenvalue weighted by Gasteiger charge is 2.17. The van der Waals surface area contributed by atoms with E-state index in [0.29, 0.717) is 6.42 Å². The fraction of sp³-hybridized carbons (Fsp3) is 0.500. The number of ether oxygens (including phenoxy) is 1. The minimum atomic E-state index is 0.447. The van der Waals surface area contributed by atoms with Gasteiger partial charge in [0.2, 0.25) is 0 Å². The first-order valence-corrected chi connectivity index (χ1v) is 5.83. The molecule has 0 atom stereocenters. The Hall–Kier alpha value is -1.49. The quantitative estimate of drug-likeness (QED) is 0.760. The van der Waals surface area contributed by atoms with Gasteiger partial charge in [0.25, 0.3) is 0 Å². The minimum absolute atomic E-state index is 0.447. The van der Waals surface area contributed by atoms with Crippen LogP contribution in [-0.4, -0.2) is 7.11 Å². The van der Waals surface area contributed by atoms with Crippen LogP contribution in [0, 0.1) is 18.3 Å². The highest BCUT2D eigenvalue weighted by molar-refractivity contribution is 5.51. The van der Waals surface area contributed by atoms with Crippen LogP contribution in [-0.2, 0) is 19.3 Å². The van der Waals surface area contributed by atoms with E-state index >= 15 is 0 Å². The van der Waals surface area contributed by atoms with Crippen LogP contribution in [0.2, 0.25) is 0 Å². The second-order valence-corrected chi connectivity index (χ2v) is 4.36. The van der Waals surface area contributed by atoms with Gasteiger partial charge in [0.05, 0.1) is 19.6 Å². The smallest absolute Gasteiger partial charge is 0.123 e. The highest BCUT2D eigenvalue weighted by atomic mass is 16.5. The average molecular weight is 215 g/mol. The minimum Gasteiger partial charge on any atom is -0.496 e. The van der Waals surface area contributed by atoms with Crippen molar-refractivity contribution in [3.8, 4) is 11.8 Å². The Morgan fingerprint density at radius 3 is 2.81 bits per heavy atom. The Bertz CT molecular complexity index is 443. The maximum Gasteiger partial charge on any atom is 0.123 e. The topological polar surface area (TPSA) is 33.0 Å². The van der Waals surface area contributed by atoms with Gasteiger partial charge in [-0.1, -0.05) is 0 Å². The van der Waals surface area contributed by atoms with Crippen LogP contribution >= 0.6 is 0 Å². The van der Waals surface area contributed by atoms with Gasteiger partial charge in [-0.2, -0.15) is 5.26 Å². The number of rotatable bonds is 2. The summed E-state index contributed by atoms with van der Waals surface area (Å²) in [5, 5.41) is 8.86. The van der Waals surface area contributed by atoms with Crippen molar-refractivity contribution in [2.24, 2.45) is 0 Å². The van der Waals surface area contributed by atoms with Gasteiger partial charge in [0, 0.05) is 5.56 Å². The molecule has 0 bridgehead atoms. The van der Waals surface area contributed by atoms with E-state index in [2.05, 4.69) is 19.1 Å². The van der Waals surface area contributed by atoms with Crippen LogP contribution in [0.25, 0.3) is 0 Å². The van der Waals surface area contributed by atoms with E-state index in [-0.39, 0.29) is 0 Å². The Labute approximate surface area is 96.9 Å². The third-order valence-corrected chi connectivity index (χ3v) is 3.49. The summed E-state index contributed by atoms with van der Waals surface area (Å²) >= 11 is 0. The number of hydrogen-bond donors (Lipinski definition) is 0. The van der Waals surface area contributed by atoms with Crippen molar-refractivity contribution in [3.05, 3.63) is 28.3 Å². The van der Waals surface area contributed by atoms with Gasteiger partial charge in [-0.3, -0.25) is 0 Å². The van der Waals surface area contributed by atoms with Gasteiger partial charge in [-0.05, 0) is 55.4 Å². The van der Waals surface area contributed by atoms with Gasteiger partial charge in [-0.15, -0.1) is 0 Å². The maximum atomic E-state index is 8.86. The number of methoxy groups -OCH3 is 1. The molecule has 2 heteroatoms. The predicted molar refractivity (Wildman–Crippen MR) is 63.7 cm³/mol. The van der Waals surface area contributed by atoms with Crippen molar-refractivity contribution in [1.29, 1.82) is 5.26 Å². The summed E-state index contributed by atoms with van der Waals surface area (Å²) in [4.78, 5) is 0.